The van der Waals surface area contributed by atoms with Crippen molar-refractivity contribution in [3.05, 3.63) is 77.3 Å². The van der Waals surface area contributed by atoms with Gasteiger partial charge in [0, 0.05) is 5.56 Å². The summed E-state index contributed by atoms with van der Waals surface area (Å²) in [6, 6.07) is 8.80. The number of nitrogens with zero attached hydrogens (tertiary/aromatic N) is 1. The summed E-state index contributed by atoms with van der Waals surface area (Å²) >= 11 is 0. The number of imide groups is 1. The highest BCUT2D eigenvalue weighted by Gasteiger charge is 2.33. The van der Waals surface area contributed by atoms with E-state index in [0.717, 1.165) is 10.5 Å². The minimum absolute atomic E-state index is 0.0531. The Morgan fingerprint density at radius 1 is 1.10 bits per heavy atom. The molecule has 31 heavy (non-hydrogen) atoms. The van der Waals surface area contributed by atoms with Crippen LogP contribution in [0.15, 0.2) is 54.8 Å². The molecule has 1 aliphatic heterocycles. The second kappa shape index (κ2) is 9.93. The van der Waals surface area contributed by atoms with Gasteiger partial charge in [-0.3, -0.25) is 9.69 Å². The van der Waals surface area contributed by atoms with Gasteiger partial charge in [-0.25, -0.2) is 9.18 Å². The highest BCUT2D eigenvalue weighted by atomic mass is 19.1. The van der Waals surface area contributed by atoms with Crippen molar-refractivity contribution in [2.45, 2.75) is 26.8 Å². The maximum Gasteiger partial charge on any atom is 0.329 e. The van der Waals surface area contributed by atoms with E-state index in [0.29, 0.717) is 42.3 Å². The zero-order valence-corrected chi connectivity index (χ0v) is 17.6. The number of halogens is 1. The van der Waals surface area contributed by atoms with Crippen LogP contribution < -0.4 is 14.8 Å². The first-order chi connectivity index (χ1) is 15.0. The molecule has 0 atom stereocenters. The molecule has 0 unspecified atom stereocenters. The summed E-state index contributed by atoms with van der Waals surface area (Å²) in [5, 5.41) is 2.61. The van der Waals surface area contributed by atoms with Crippen molar-refractivity contribution in [2.24, 2.45) is 0 Å². The zero-order valence-electron chi connectivity index (χ0n) is 17.6. The Morgan fingerprint density at radius 3 is 2.45 bits per heavy atom. The predicted molar refractivity (Wildman–Crippen MR) is 116 cm³/mol. The van der Waals surface area contributed by atoms with E-state index < -0.39 is 11.9 Å². The van der Waals surface area contributed by atoms with Crippen molar-refractivity contribution >= 4 is 18.0 Å². The zero-order chi connectivity index (χ0) is 22.4. The smallest absolute Gasteiger partial charge is 0.329 e. The van der Waals surface area contributed by atoms with Crippen LogP contribution in [0.5, 0.6) is 11.5 Å². The third-order valence-corrected chi connectivity index (χ3v) is 4.63. The molecule has 6 nitrogen and oxygen atoms in total. The van der Waals surface area contributed by atoms with Crippen LogP contribution in [-0.4, -0.2) is 30.1 Å². The van der Waals surface area contributed by atoms with Crippen LogP contribution in [0.2, 0.25) is 0 Å². The van der Waals surface area contributed by atoms with Crippen molar-refractivity contribution in [1.82, 2.24) is 10.2 Å². The normalized spacial score (nSPS) is 14.7. The van der Waals surface area contributed by atoms with Gasteiger partial charge in [0.2, 0.25) is 0 Å². The largest absolute Gasteiger partial charge is 0.490 e. The van der Waals surface area contributed by atoms with Gasteiger partial charge in [0.25, 0.3) is 5.91 Å². The Morgan fingerprint density at radius 2 is 1.81 bits per heavy atom. The minimum Gasteiger partial charge on any atom is -0.490 e. The van der Waals surface area contributed by atoms with Crippen LogP contribution in [0, 0.1) is 5.82 Å². The second-order valence-electron chi connectivity index (χ2n) is 6.87. The highest BCUT2D eigenvalue weighted by Crippen LogP contribution is 2.35. The number of ether oxygens (including phenoxy) is 2. The first-order valence-corrected chi connectivity index (χ1v) is 10.1. The molecular weight excluding hydrogens is 399 g/mol. The Labute approximate surface area is 181 Å². The lowest BCUT2D eigenvalue weighted by Gasteiger charge is -2.16. The van der Waals surface area contributed by atoms with E-state index in [9.17, 15) is 14.0 Å². The summed E-state index contributed by atoms with van der Waals surface area (Å²) in [7, 11) is 0. The number of carbonyl (C=O) groups is 2. The standard InChI is InChI=1S/C24H25FN2O4/c1-4-7-18-12-17(14-21(30-5-2)22(18)31-6-3)13-20-23(28)27(24(29)26-20)15-16-8-10-19(25)11-9-16/h4,8-14H,1,5-7,15H2,2-3H3,(H,26,29). The molecule has 162 valence electrons. The van der Waals surface area contributed by atoms with Gasteiger partial charge in [-0.1, -0.05) is 18.2 Å². The van der Waals surface area contributed by atoms with Gasteiger partial charge in [-0.05, 0) is 61.7 Å². The van der Waals surface area contributed by atoms with Crippen LogP contribution in [0.4, 0.5) is 9.18 Å². The lowest BCUT2D eigenvalue weighted by atomic mass is 10.0. The van der Waals surface area contributed by atoms with Crippen LogP contribution in [-0.2, 0) is 17.8 Å². The van der Waals surface area contributed by atoms with E-state index in [1.54, 1.807) is 30.4 Å². The highest BCUT2D eigenvalue weighted by molar-refractivity contribution is 6.13. The second-order valence-corrected chi connectivity index (χ2v) is 6.87. The average molecular weight is 424 g/mol. The van der Waals surface area contributed by atoms with Crippen molar-refractivity contribution < 1.29 is 23.5 Å². The van der Waals surface area contributed by atoms with Gasteiger partial charge in [0.15, 0.2) is 11.5 Å². The molecule has 3 amide bonds. The lowest BCUT2D eigenvalue weighted by Crippen LogP contribution is -2.30. The molecule has 3 rings (SSSR count). The van der Waals surface area contributed by atoms with E-state index in [4.69, 9.17) is 9.47 Å². The maximum atomic E-state index is 13.1. The average Bonchev–Trinajstić information content (AvgIpc) is 3.00. The molecule has 2 aromatic carbocycles. The third-order valence-electron chi connectivity index (χ3n) is 4.63. The molecule has 1 saturated heterocycles. The molecule has 1 N–H and O–H groups in total. The van der Waals surface area contributed by atoms with E-state index >= 15 is 0 Å². The molecule has 0 radical (unpaired) electrons. The van der Waals surface area contributed by atoms with Gasteiger partial charge in [-0.2, -0.15) is 0 Å². The van der Waals surface area contributed by atoms with Crippen molar-refractivity contribution in [3.63, 3.8) is 0 Å². The van der Waals surface area contributed by atoms with E-state index in [1.807, 2.05) is 19.9 Å². The topological polar surface area (TPSA) is 67.9 Å². The molecule has 0 spiro atoms. The number of allylic oxidation sites excluding steroid dienone is 1. The molecule has 0 aromatic heterocycles. The summed E-state index contributed by atoms with van der Waals surface area (Å²) in [6.07, 6.45) is 3.93. The molecule has 1 aliphatic rings. The number of hydrogen-bond donors (Lipinski definition) is 1. The van der Waals surface area contributed by atoms with Crippen molar-refractivity contribution in [2.75, 3.05) is 13.2 Å². The predicted octanol–water partition coefficient (Wildman–Crippen LogP) is 4.44. The summed E-state index contributed by atoms with van der Waals surface area (Å²) in [4.78, 5) is 26.3. The summed E-state index contributed by atoms with van der Waals surface area (Å²) in [6.45, 7) is 8.55. The van der Waals surface area contributed by atoms with E-state index in [1.165, 1.54) is 12.1 Å². The number of rotatable bonds is 9. The van der Waals surface area contributed by atoms with Crippen LogP contribution >= 0.6 is 0 Å². The fourth-order valence-electron chi connectivity index (χ4n) is 3.30. The van der Waals surface area contributed by atoms with Crippen molar-refractivity contribution in [1.29, 1.82) is 0 Å². The summed E-state index contributed by atoms with van der Waals surface area (Å²) < 4.78 is 24.6. The number of urea groups is 1. The van der Waals surface area contributed by atoms with Crippen molar-refractivity contribution in [3.8, 4) is 11.5 Å². The monoisotopic (exact) mass is 424 g/mol. The molecule has 7 heteroatoms. The van der Waals surface area contributed by atoms with Gasteiger partial charge >= 0.3 is 6.03 Å². The van der Waals surface area contributed by atoms with Crippen LogP contribution in [0.25, 0.3) is 6.08 Å². The molecule has 0 aliphatic carbocycles. The fraction of sp³-hybridized carbons (Fsp3) is 0.250. The Kier molecular flexibility index (Phi) is 7.07. The molecule has 0 bridgehead atoms. The Bertz CT molecular complexity index is 1010. The summed E-state index contributed by atoms with van der Waals surface area (Å²) in [5.41, 5.74) is 2.37. The SMILES string of the molecule is C=CCc1cc(C=C2NC(=O)N(Cc3ccc(F)cc3)C2=O)cc(OCC)c1OCC. The van der Waals surface area contributed by atoms with Gasteiger partial charge < -0.3 is 14.8 Å². The molecule has 1 fully saturated rings. The van der Waals surface area contributed by atoms with Crippen LogP contribution in [0.1, 0.15) is 30.5 Å². The number of benzene rings is 2. The van der Waals surface area contributed by atoms with Gasteiger partial charge in [0.05, 0.1) is 19.8 Å². The Hall–Kier alpha value is -3.61. The fourth-order valence-corrected chi connectivity index (χ4v) is 3.30. The van der Waals surface area contributed by atoms with Gasteiger partial charge in [-0.15, -0.1) is 6.58 Å². The molecular formula is C24H25FN2O4. The first-order valence-electron chi connectivity index (χ1n) is 10.1. The van der Waals surface area contributed by atoms with E-state index in [2.05, 4.69) is 11.9 Å². The molecule has 1 heterocycles. The number of nitrogens with one attached hydrogen (secondary N) is 1. The maximum absolute atomic E-state index is 13.1. The minimum atomic E-state index is -0.525. The van der Waals surface area contributed by atoms with Crippen LogP contribution in [0.3, 0.4) is 0 Å². The first kappa shape index (κ1) is 22.1. The number of hydrogen-bond acceptors (Lipinski definition) is 4. The summed E-state index contributed by atoms with van der Waals surface area (Å²) in [5.74, 6) is 0.380. The lowest BCUT2D eigenvalue weighted by molar-refractivity contribution is -0.123. The van der Waals surface area contributed by atoms with Gasteiger partial charge in [0.1, 0.15) is 11.5 Å². The van der Waals surface area contributed by atoms with E-state index in [-0.39, 0.29) is 18.1 Å². The molecule has 0 saturated carbocycles. The Balaban J connectivity index is 1.91. The number of amides is 3. The quantitative estimate of drug-likeness (QED) is 0.367. The number of carbonyl (C=O) groups excluding carboxylic acids is 2. The third kappa shape index (κ3) is 5.12. The molecule has 2 aromatic rings.